The molecule has 0 amide bonds. The lowest BCUT2D eigenvalue weighted by Crippen LogP contribution is -2.13. The number of sulfonamides is 1. The van der Waals surface area contributed by atoms with E-state index in [1.807, 2.05) is 6.92 Å². The maximum Gasteiger partial charge on any atom is 0.261 e. The molecule has 1 aromatic carbocycles. The summed E-state index contributed by atoms with van der Waals surface area (Å²) in [5, 5.41) is 0. The highest BCUT2D eigenvalue weighted by Crippen LogP contribution is 2.17. The molecule has 0 aliphatic heterocycles. The van der Waals surface area contributed by atoms with E-state index < -0.39 is 10.0 Å². The monoisotopic (exact) mass is 307 g/mol. The van der Waals surface area contributed by atoms with Crippen LogP contribution in [0.4, 0.5) is 5.69 Å². The Balaban J connectivity index is 2.16. The quantitative estimate of drug-likeness (QED) is 0.847. The van der Waals surface area contributed by atoms with Crippen molar-refractivity contribution in [2.75, 3.05) is 11.3 Å². The molecule has 0 aliphatic rings. The van der Waals surface area contributed by atoms with Crippen LogP contribution in [0.3, 0.4) is 0 Å². The molecular weight excluding hydrogens is 290 g/mol. The van der Waals surface area contributed by atoms with Crippen LogP contribution in [-0.4, -0.2) is 20.0 Å². The zero-order valence-electron chi connectivity index (χ0n) is 11.6. The average Bonchev–Trinajstić information content (AvgIpc) is 2.49. The van der Waals surface area contributed by atoms with Crippen LogP contribution < -0.4 is 15.2 Å². The number of benzene rings is 1. The summed E-state index contributed by atoms with van der Waals surface area (Å²) in [6.07, 6.45) is 1.41. The molecular formula is C14H17N3O3S. The van der Waals surface area contributed by atoms with Crippen molar-refractivity contribution in [3.05, 3.63) is 48.2 Å². The second kappa shape index (κ2) is 6.55. The number of nitrogens with two attached hydrogens (primary N) is 1. The smallest absolute Gasteiger partial charge is 0.261 e. The van der Waals surface area contributed by atoms with E-state index in [9.17, 15) is 8.42 Å². The fourth-order valence-electron chi connectivity index (χ4n) is 1.69. The van der Waals surface area contributed by atoms with Gasteiger partial charge in [-0.2, -0.15) is 0 Å². The summed E-state index contributed by atoms with van der Waals surface area (Å²) in [6, 6.07) is 9.62. The number of rotatable bonds is 6. The van der Waals surface area contributed by atoms with Gasteiger partial charge < -0.3 is 10.5 Å². The number of ether oxygens (including phenoxy) is 1. The zero-order valence-corrected chi connectivity index (χ0v) is 12.4. The summed E-state index contributed by atoms with van der Waals surface area (Å²) in [4.78, 5) is 4.18. The lowest BCUT2D eigenvalue weighted by molar-refractivity contribution is 0.327. The minimum absolute atomic E-state index is 0.175. The Morgan fingerprint density at radius 3 is 2.43 bits per heavy atom. The van der Waals surface area contributed by atoms with Gasteiger partial charge in [-0.3, -0.25) is 4.72 Å². The van der Waals surface area contributed by atoms with Crippen LogP contribution >= 0.6 is 0 Å². The third-order valence-electron chi connectivity index (χ3n) is 2.75. The lowest BCUT2D eigenvalue weighted by atomic mass is 10.2. The SMILES string of the molecule is CCOc1ccc(NS(=O)(=O)c2ccc(CN)cc2)cn1. The van der Waals surface area contributed by atoms with Crippen molar-refractivity contribution in [1.29, 1.82) is 0 Å². The van der Waals surface area contributed by atoms with E-state index in [0.717, 1.165) is 5.56 Å². The molecule has 0 radical (unpaired) electrons. The minimum atomic E-state index is -3.64. The number of nitrogens with zero attached hydrogens (tertiary/aromatic N) is 1. The van der Waals surface area contributed by atoms with E-state index in [-0.39, 0.29) is 4.90 Å². The standard InChI is InChI=1S/C14H17N3O3S/c1-2-20-14-8-5-12(10-16-14)17-21(18,19)13-6-3-11(9-15)4-7-13/h3-8,10,17H,2,9,15H2,1H3. The van der Waals surface area contributed by atoms with E-state index in [1.54, 1.807) is 24.3 Å². The molecule has 0 atom stereocenters. The maximum atomic E-state index is 12.2. The molecule has 0 bridgehead atoms. The van der Waals surface area contributed by atoms with Gasteiger partial charge >= 0.3 is 0 Å². The van der Waals surface area contributed by atoms with Crippen molar-refractivity contribution in [3.8, 4) is 5.88 Å². The zero-order chi connectivity index (χ0) is 15.3. The first-order valence-electron chi connectivity index (χ1n) is 6.46. The predicted molar refractivity (Wildman–Crippen MR) is 80.5 cm³/mol. The van der Waals surface area contributed by atoms with Crippen molar-refractivity contribution >= 4 is 15.7 Å². The van der Waals surface area contributed by atoms with Crippen LogP contribution in [0.5, 0.6) is 5.88 Å². The van der Waals surface area contributed by atoms with Gasteiger partial charge in [-0.25, -0.2) is 13.4 Å². The Kier molecular flexibility index (Phi) is 4.77. The number of pyridine rings is 1. The normalized spacial score (nSPS) is 11.1. The largest absolute Gasteiger partial charge is 0.478 e. The molecule has 1 aromatic heterocycles. The number of anilines is 1. The highest BCUT2D eigenvalue weighted by atomic mass is 32.2. The number of hydrogen-bond acceptors (Lipinski definition) is 5. The van der Waals surface area contributed by atoms with E-state index in [4.69, 9.17) is 10.5 Å². The number of aromatic nitrogens is 1. The van der Waals surface area contributed by atoms with Crippen molar-refractivity contribution in [2.24, 2.45) is 5.73 Å². The van der Waals surface area contributed by atoms with Gasteiger partial charge in [0.15, 0.2) is 0 Å². The molecule has 7 heteroatoms. The van der Waals surface area contributed by atoms with Crippen molar-refractivity contribution < 1.29 is 13.2 Å². The Bertz CT molecular complexity index is 682. The topological polar surface area (TPSA) is 94.3 Å². The molecule has 2 rings (SSSR count). The molecule has 0 saturated carbocycles. The van der Waals surface area contributed by atoms with Gasteiger partial charge in [0.05, 0.1) is 23.4 Å². The van der Waals surface area contributed by atoms with Crippen molar-refractivity contribution in [2.45, 2.75) is 18.4 Å². The lowest BCUT2D eigenvalue weighted by Gasteiger charge is -2.09. The summed E-state index contributed by atoms with van der Waals surface area (Å²) >= 11 is 0. The minimum Gasteiger partial charge on any atom is -0.478 e. The fraction of sp³-hybridized carbons (Fsp3) is 0.214. The molecule has 2 aromatic rings. The number of nitrogens with one attached hydrogen (secondary N) is 1. The third kappa shape index (κ3) is 3.93. The van der Waals surface area contributed by atoms with Crippen LogP contribution in [0.15, 0.2) is 47.5 Å². The molecule has 0 fully saturated rings. The molecule has 21 heavy (non-hydrogen) atoms. The second-order valence-corrected chi connectivity index (χ2v) is 5.95. The highest BCUT2D eigenvalue weighted by Gasteiger charge is 2.14. The third-order valence-corrected chi connectivity index (χ3v) is 4.15. The summed E-state index contributed by atoms with van der Waals surface area (Å²) in [5.41, 5.74) is 6.73. The first kappa shape index (κ1) is 15.3. The molecule has 0 saturated heterocycles. The summed E-state index contributed by atoms with van der Waals surface area (Å²) in [5.74, 6) is 0.452. The van der Waals surface area contributed by atoms with Gasteiger partial charge in [-0.15, -0.1) is 0 Å². The highest BCUT2D eigenvalue weighted by molar-refractivity contribution is 7.92. The molecule has 3 N–H and O–H groups in total. The van der Waals surface area contributed by atoms with E-state index in [0.29, 0.717) is 24.7 Å². The van der Waals surface area contributed by atoms with Gasteiger partial charge in [0.1, 0.15) is 0 Å². The van der Waals surface area contributed by atoms with E-state index in [1.165, 1.54) is 18.3 Å². The van der Waals surface area contributed by atoms with Gasteiger partial charge in [0.2, 0.25) is 5.88 Å². The predicted octanol–water partition coefficient (Wildman–Crippen LogP) is 1.74. The van der Waals surface area contributed by atoms with Crippen LogP contribution in [0.1, 0.15) is 12.5 Å². The molecule has 1 heterocycles. The molecule has 0 aliphatic carbocycles. The van der Waals surface area contributed by atoms with Crippen LogP contribution in [-0.2, 0) is 16.6 Å². The maximum absolute atomic E-state index is 12.2. The van der Waals surface area contributed by atoms with Crippen molar-refractivity contribution in [3.63, 3.8) is 0 Å². The van der Waals surface area contributed by atoms with Crippen LogP contribution in [0.25, 0.3) is 0 Å². The van der Waals surface area contributed by atoms with Gasteiger partial charge in [0, 0.05) is 12.6 Å². The Morgan fingerprint density at radius 1 is 1.19 bits per heavy atom. The molecule has 112 valence electrons. The first-order valence-corrected chi connectivity index (χ1v) is 7.94. The van der Waals surface area contributed by atoms with Gasteiger partial charge in [-0.1, -0.05) is 12.1 Å². The van der Waals surface area contributed by atoms with E-state index >= 15 is 0 Å². The molecule has 0 unspecified atom stereocenters. The van der Waals surface area contributed by atoms with Crippen LogP contribution in [0, 0.1) is 0 Å². The fourth-order valence-corrected chi connectivity index (χ4v) is 2.74. The average molecular weight is 307 g/mol. The Morgan fingerprint density at radius 2 is 1.90 bits per heavy atom. The van der Waals surface area contributed by atoms with Crippen LogP contribution in [0.2, 0.25) is 0 Å². The summed E-state index contributed by atoms with van der Waals surface area (Å²) < 4.78 is 32.1. The summed E-state index contributed by atoms with van der Waals surface area (Å²) in [7, 11) is -3.64. The Hall–Kier alpha value is -2.12. The van der Waals surface area contributed by atoms with Crippen molar-refractivity contribution in [1.82, 2.24) is 4.98 Å². The Labute approximate surface area is 124 Å². The molecule has 6 nitrogen and oxygen atoms in total. The second-order valence-electron chi connectivity index (χ2n) is 4.27. The van der Waals surface area contributed by atoms with Gasteiger partial charge in [-0.05, 0) is 30.7 Å². The first-order chi connectivity index (χ1) is 10.0. The molecule has 0 spiro atoms. The number of hydrogen-bond donors (Lipinski definition) is 2. The summed E-state index contributed by atoms with van der Waals surface area (Å²) in [6.45, 7) is 2.73. The van der Waals surface area contributed by atoms with E-state index in [2.05, 4.69) is 9.71 Å². The van der Waals surface area contributed by atoms with Gasteiger partial charge in [0.25, 0.3) is 10.0 Å².